The number of nitrogens with one attached hydrogen (secondary N) is 2. The van der Waals surface area contributed by atoms with Gasteiger partial charge >= 0.3 is 5.97 Å². The van der Waals surface area contributed by atoms with Crippen LogP contribution in [-0.2, 0) is 30.7 Å². The number of anilines is 1. The number of amides is 3. The van der Waals surface area contributed by atoms with Gasteiger partial charge in [0, 0.05) is 43.9 Å². The molecule has 80 heavy (non-hydrogen) atoms. The van der Waals surface area contributed by atoms with Gasteiger partial charge in [-0.1, -0.05) is 62.9 Å². The van der Waals surface area contributed by atoms with Crippen LogP contribution >= 0.6 is 11.6 Å². The minimum absolute atomic E-state index is 0. The maximum Gasteiger partial charge on any atom is 0.347 e. The summed E-state index contributed by atoms with van der Waals surface area (Å²) in [5, 5.41) is 26.8. The molecule has 1 fully saturated rings. The van der Waals surface area contributed by atoms with Gasteiger partial charge in [-0.15, -0.1) is 0 Å². The smallest absolute Gasteiger partial charge is 0.347 e. The van der Waals surface area contributed by atoms with Gasteiger partial charge in [-0.2, -0.15) is 0 Å². The zero-order valence-electron chi connectivity index (χ0n) is 41.4. The molecule has 4 N–H and O–H groups in total. The lowest BCUT2D eigenvalue weighted by atomic mass is 10.0. The zero-order chi connectivity index (χ0) is 55.8. The molecule has 0 aliphatic carbocycles. The molecule has 0 radical (unpaired) electrons. The summed E-state index contributed by atoms with van der Waals surface area (Å²) in [5.41, 5.74) is -2.68. The third-order valence-electron chi connectivity index (χ3n) is 13.4. The first-order valence-corrected chi connectivity index (χ1v) is 24.9. The van der Waals surface area contributed by atoms with Crippen LogP contribution < -0.4 is 21.8 Å². The van der Waals surface area contributed by atoms with Crippen LogP contribution in [0.4, 0.5) is 32.0 Å². The molecule has 0 spiro atoms. The molecule has 0 unspecified atom stereocenters. The second-order valence-corrected chi connectivity index (χ2v) is 19.2. The lowest BCUT2D eigenvalue weighted by molar-refractivity contribution is -0.0359. The molecule has 1 saturated heterocycles. The average molecular weight is 1130 g/mol. The number of pyridine rings is 4. The molecule has 10 rings (SSSR count). The van der Waals surface area contributed by atoms with Gasteiger partial charge in [0.15, 0.2) is 17.1 Å². The van der Waals surface area contributed by atoms with Crippen LogP contribution in [0.1, 0.15) is 98.3 Å². The van der Waals surface area contributed by atoms with Crippen LogP contribution in [0.3, 0.4) is 0 Å². The summed E-state index contributed by atoms with van der Waals surface area (Å²) in [4.78, 5) is 88.7. The highest BCUT2D eigenvalue weighted by Gasteiger charge is 2.44. The Morgan fingerprint density at radius 3 is 1.89 bits per heavy atom. The number of ether oxygens (including phenoxy) is 1. The topological polar surface area (TPSA) is 218 Å². The first-order valence-electron chi connectivity index (χ1n) is 24.5. The van der Waals surface area contributed by atoms with E-state index in [0.29, 0.717) is 32.7 Å². The second-order valence-electron chi connectivity index (χ2n) is 18.8. The highest BCUT2D eigenvalue weighted by Crippen LogP contribution is 2.38. The number of hydrogen-bond donors (Lipinski definition) is 4. The van der Waals surface area contributed by atoms with Crippen molar-refractivity contribution >= 4 is 63.0 Å². The molecule has 7 heterocycles. The Labute approximate surface area is 458 Å². The van der Waals surface area contributed by atoms with Gasteiger partial charge in [-0.25, -0.2) is 31.1 Å². The Balaban J connectivity index is 0.000000228. The summed E-state index contributed by atoms with van der Waals surface area (Å²) in [5.74, 6) is -13.6. The van der Waals surface area contributed by atoms with Crippen molar-refractivity contribution in [1.82, 2.24) is 34.2 Å². The number of nitrogens with zero attached hydrogens (tertiary/aromatic N) is 6. The number of carbonyl (C=O) groups is 4. The third-order valence-corrected chi connectivity index (χ3v) is 13.8. The molecule has 3 aliphatic heterocycles. The second kappa shape index (κ2) is 24.0. The van der Waals surface area contributed by atoms with Crippen molar-refractivity contribution in [2.24, 2.45) is 0 Å². The molecule has 3 aromatic carbocycles. The molecule has 17 nitrogen and oxygen atoms in total. The number of halogens is 7. The number of aromatic hydroxyl groups is 2. The van der Waals surface area contributed by atoms with Crippen LogP contribution in [0.25, 0.3) is 22.1 Å². The molecule has 4 aromatic heterocycles. The predicted octanol–water partition coefficient (Wildman–Crippen LogP) is 8.58. The van der Waals surface area contributed by atoms with Gasteiger partial charge in [0.1, 0.15) is 28.2 Å². The standard InChI is InChI=1S/C29H21ClF3N3O6.C25H26F3N5O3.2CH4/c1-2-42-28(41)20-24(37)22-23(21(30)16(12-34-22)11-15-7-9-17(31)10-8-15)35(27(20)40)13-29(32,33)14-36-25(38)18-5-3-4-6-19(18)26(36)39;26-17-5-3-15(4-6-17)11-16-12-30-20-21-19(16)31-13-25(27,28)14-33(21)24(36)18(22(20)34)23(35)29-7-10-32-8-1-2-9-32;;/h3-10,12,37H,2,11,13-14H2,1H3;3-6,12,31,34H,1-2,7-11,13-14H2,(H,29,35);2*1H4. The summed E-state index contributed by atoms with van der Waals surface area (Å²) in [6.45, 7) is -0.586. The van der Waals surface area contributed by atoms with Crippen molar-refractivity contribution in [3.05, 3.63) is 167 Å². The Kier molecular flexibility index (Phi) is 17.8. The monoisotopic (exact) mass is 1130 g/mol. The molecule has 24 heteroatoms. The Morgan fingerprint density at radius 1 is 0.775 bits per heavy atom. The number of alkyl halides is 4. The van der Waals surface area contributed by atoms with E-state index in [9.17, 15) is 56.5 Å². The Hall–Kier alpha value is -8.31. The maximum atomic E-state index is 15.7. The fourth-order valence-corrected chi connectivity index (χ4v) is 9.95. The predicted molar refractivity (Wildman–Crippen MR) is 286 cm³/mol. The van der Waals surface area contributed by atoms with E-state index in [0.717, 1.165) is 30.5 Å². The third kappa shape index (κ3) is 12.0. The maximum absolute atomic E-state index is 15.7. The van der Waals surface area contributed by atoms with Crippen LogP contribution in [0.2, 0.25) is 5.02 Å². The van der Waals surface area contributed by atoms with Crippen molar-refractivity contribution < 1.29 is 60.5 Å². The molecule has 0 saturated carbocycles. The minimum Gasteiger partial charge on any atom is -0.505 e. The van der Waals surface area contributed by atoms with Gasteiger partial charge in [0.05, 0.1) is 65.7 Å². The average Bonchev–Trinajstić information content (AvgIpc) is 3.97. The van der Waals surface area contributed by atoms with Crippen molar-refractivity contribution in [1.29, 1.82) is 0 Å². The van der Waals surface area contributed by atoms with E-state index in [-0.39, 0.29) is 79.3 Å². The van der Waals surface area contributed by atoms with E-state index in [4.69, 9.17) is 16.3 Å². The molecule has 3 amide bonds. The number of imide groups is 1. The summed E-state index contributed by atoms with van der Waals surface area (Å²) in [6, 6.07) is 16.7. The van der Waals surface area contributed by atoms with Gasteiger partial charge in [-0.3, -0.25) is 48.0 Å². The van der Waals surface area contributed by atoms with Gasteiger partial charge in [-0.05, 0) is 85.9 Å². The van der Waals surface area contributed by atoms with Crippen LogP contribution in [0.5, 0.6) is 11.5 Å². The van der Waals surface area contributed by atoms with Crippen LogP contribution in [0, 0.1) is 11.6 Å². The number of hydrogen-bond acceptors (Lipinski definition) is 13. The van der Waals surface area contributed by atoms with Gasteiger partial charge in [0.2, 0.25) is 0 Å². The SMILES string of the molecule is C.C.CCOC(=O)c1c(O)c2ncc(Cc3ccc(F)cc3)c(Cl)c2n(CC(F)(F)CN2C(=O)c3ccccc3C2=O)c1=O.O=C(NCCN1CCCC1)c1c(O)c2ncc(Cc3ccc(F)cc3)c3c2n(c1=O)CC(F)(F)CN3. The summed E-state index contributed by atoms with van der Waals surface area (Å²) in [6.07, 6.45) is 5.09. The van der Waals surface area contributed by atoms with E-state index in [1.165, 1.54) is 80.0 Å². The van der Waals surface area contributed by atoms with Gasteiger partial charge < -0.3 is 30.5 Å². The first-order chi connectivity index (χ1) is 37.2. The molecular weight excluding hydrogens is 1080 g/mol. The Morgan fingerprint density at radius 2 is 1.31 bits per heavy atom. The zero-order valence-corrected chi connectivity index (χ0v) is 42.1. The van der Waals surface area contributed by atoms with E-state index < -0.39 is 118 Å². The van der Waals surface area contributed by atoms with E-state index in [1.54, 1.807) is 12.1 Å². The quantitative estimate of drug-likeness (QED) is 0.0456. The minimum atomic E-state index is -3.91. The number of benzene rings is 3. The van der Waals surface area contributed by atoms with Crippen LogP contribution in [0.15, 0.2) is 94.8 Å². The largest absolute Gasteiger partial charge is 0.505 e. The summed E-state index contributed by atoms with van der Waals surface area (Å²) >= 11 is 6.61. The molecular formula is C56H55ClF6N8O9. The van der Waals surface area contributed by atoms with Crippen molar-refractivity contribution in [3.8, 4) is 11.5 Å². The number of rotatable bonds is 14. The first kappa shape index (κ1) is 59.4. The van der Waals surface area contributed by atoms with E-state index in [2.05, 4.69) is 25.5 Å². The molecule has 0 bridgehead atoms. The summed E-state index contributed by atoms with van der Waals surface area (Å²) < 4.78 is 93.5. The number of carbonyl (C=O) groups excluding carboxylic acids is 4. The number of likely N-dealkylation sites (tertiary alicyclic amines) is 1. The Bertz CT molecular complexity index is 3630. The number of esters is 1. The fraction of sp³-hybridized carbons (Fsp3) is 0.321. The molecule has 422 valence electrons. The number of aromatic nitrogens is 4. The van der Waals surface area contributed by atoms with Crippen molar-refractivity contribution in [2.45, 2.75) is 72.4 Å². The van der Waals surface area contributed by atoms with Gasteiger partial charge in [0.25, 0.3) is 40.7 Å². The molecule has 3 aliphatic rings. The number of fused-ring (bicyclic) bond motifs is 2. The highest BCUT2D eigenvalue weighted by atomic mass is 35.5. The molecule has 0 atom stereocenters. The normalized spacial score (nSPS) is 14.6. The lowest BCUT2D eigenvalue weighted by Gasteiger charge is -2.24. The lowest BCUT2D eigenvalue weighted by Crippen LogP contribution is -2.44. The van der Waals surface area contributed by atoms with Crippen LogP contribution in [-0.4, -0.2) is 121 Å². The van der Waals surface area contributed by atoms with E-state index >= 15 is 8.78 Å². The van der Waals surface area contributed by atoms with E-state index in [1.807, 2.05) is 0 Å². The van der Waals surface area contributed by atoms with Crippen molar-refractivity contribution in [2.75, 3.05) is 51.2 Å². The van der Waals surface area contributed by atoms with Crippen molar-refractivity contribution in [3.63, 3.8) is 0 Å². The molecule has 7 aromatic rings. The highest BCUT2D eigenvalue weighted by molar-refractivity contribution is 6.36. The fourth-order valence-electron chi connectivity index (χ4n) is 9.64. The summed E-state index contributed by atoms with van der Waals surface area (Å²) in [7, 11) is 0.